The molecule has 0 saturated heterocycles. The fraction of sp³-hybridized carbons (Fsp3) is 0.200. The number of hydrogen-bond donors (Lipinski definition) is 0. The van der Waals surface area contributed by atoms with E-state index in [9.17, 15) is 9.59 Å². The Morgan fingerprint density at radius 1 is 0.759 bits per heavy atom. The standard InChI is InChI=1S/C25H25NO3/c1-3-26(4-2)22-17-15-21(16-18-22)25(28)29-24(20-13-9-6-10-14-20)23(27)19-11-7-5-8-12-19/h5-18,24H,3-4H2,1-2H3. The molecule has 0 saturated carbocycles. The molecular weight excluding hydrogens is 362 g/mol. The Labute approximate surface area is 171 Å². The molecule has 1 unspecified atom stereocenters. The number of nitrogens with zero attached hydrogens (tertiary/aromatic N) is 1. The second kappa shape index (κ2) is 9.69. The van der Waals surface area contributed by atoms with Crippen LogP contribution in [0.2, 0.25) is 0 Å². The van der Waals surface area contributed by atoms with E-state index >= 15 is 0 Å². The Hall–Kier alpha value is -3.40. The summed E-state index contributed by atoms with van der Waals surface area (Å²) in [6.07, 6.45) is -0.992. The first-order valence-corrected chi connectivity index (χ1v) is 9.84. The van der Waals surface area contributed by atoms with Gasteiger partial charge in [0.1, 0.15) is 0 Å². The van der Waals surface area contributed by atoms with Crippen LogP contribution in [0.15, 0.2) is 84.9 Å². The Bertz CT molecular complexity index is 933. The molecule has 4 nitrogen and oxygen atoms in total. The van der Waals surface area contributed by atoms with Crippen molar-refractivity contribution in [2.75, 3.05) is 18.0 Å². The Balaban J connectivity index is 1.84. The van der Waals surface area contributed by atoms with Crippen LogP contribution >= 0.6 is 0 Å². The zero-order valence-corrected chi connectivity index (χ0v) is 16.7. The number of carbonyl (C=O) groups is 2. The van der Waals surface area contributed by atoms with Gasteiger partial charge in [0.25, 0.3) is 0 Å². The fourth-order valence-electron chi connectivity index (χ4n) is 3.23. The van der Waals surface area contributed by atoms with Gasteiger partial charge in [0, 0.05) is 29.9 Å². The summed E-state index contributed by atoms with van der Waals surface area (Å²) in [5, 5.41) is 0. The molecule has 0 aliphatic carbocycles. The molecule has 0 radical (unpaired) electrons. The fourth-order valence-corrected chi connectivity index (χ4v) is 3.23. The van der Waals surface area contributed by atoms with E-state index < -0.39 is 12.1 Å². The molecule has 3 aromatic rings. The Kier molecular flexibility index (Phi) is 6.80. The van der Waals surface area contributed by atoms with Crippen LogP contribution < -0.4 is 4.90 Å². The van der Waals surface area contributed by atoms with Crippen molar-refractivity contribution < 1.29 is 14.3 Å². The molecule has 0 amide bonds. The molecule has 3 aromatic carbocycles. The monoisotopic (exact) mass is 387 g/mol. The van der Waals surface area contributed by atoms with Crippen molar-refractivity contribution in [1.29, 1.82) is 0 Å². The van der Waals surface area contributed by atoms with Crippen LogP contribution in [0.1, 0.15) is 46.2 Å². The largest absolute Gasteiger partial charge is 0.445 e. The van der Waals surface area contributed by atoms with E-state index in [1.165, 1.54) is 0 Å². The molecule has 0 aromatic heterocycles. The van der Waals surface area contributed by atoms with Gasteiger partial charge in [0.15, 0.2) is 6.10 Å². The SMILES string of the molecule is CCN(CC)c1ccc(C(=O)OC(C(=O)c2ccccc2)c2ccccc2)cc1. The van der Waals surface area contributed by atoms with Crippen LogP contribution in [0, 0.1) is 0 Å². The van der Waals surface area contributed by atoms with E-state index in [4.69, 9.17) is 4.74 Å². The van der Waals surface area contributed by atoms with Gasteiger partial charge in [0.2, 0.25) is 5.78 Å². The van der Waals surface area contributed by atoms with Crippen molar-refractivity contribution in [3.8, 4) is 0 Å². The van der Waals surface area contributed by atoms with Crippen molar-refractivity contribution in [1.82, 2.24) is 0 Å². The molecule has 29 heavy (non-hydrogen) atoms. The molecule has 0 heterocycles. The number of anilines is 1. The third kappa shape index (κ3) is 4.91. The van der Waals surface area contributed by atoms with E-state index in [1.54, 1.807) is 48.5 Å². The first kappa shape index (κ1) is 20.3. The predicted molar refractivity (Wildman–Crippen MR) is 115 cm³/mol. The van der Waals surface area contributed by atoms with E-state index in [1.807, 2.05) is 36.4 Å². The third-order valence-corrected chi connectivity index (χ3v) is 4.86. The second-order valence-corrected chi connectivity index (χ2v) is 6.65. The maximum atomic E-state index is 13.0. The first-order chi connectivity index (χ1) is 14.1. The maximum Gasteiger partial charge on any atom is 0.339 e. The van der Waals surface area contributed by atoms with Gasteiger partial charge in [-0.05, 0) is 38.1 Å². The third-order valence-electron chi connectivity index (χ3n) is 4.86. The minimum Gasteiger partial charge on any atom is -0.445 e. The van der Waals surface area contributed by atoms with Crippen molar-refractivity contribution in [2.24, 2.45) is 0 Å². The van der Waals surface area contributed by atoms with Gasteiger partial charge in [-0.1, -0.05) is 60.7 Å². The average molecular weight is 387 g/mol. The minimum absolute atomic E-state index is 0.245. The topological polar surface area (TPSA) is 46.6 Å². The highest BCUT2D eigenvalue weighted by atomic mass is 16.5. The van der Waals surface area contributed by atoms with Gasteiger partial charge < -0.3 is 9.64 Å². The van der Waals surface area contributed by atoms with Crippen molar-refractivity contribution in [3.63, 3.8) is 0 Å². The quantitative estimate of drug-likeness (QED) is 0.388. The smallest absolute Gasteiger partial charge is 0.339 e. The number of carbonyl (C=O) groups excluding carboxylic acids is 2. The van der Waals surface area contributed by atoms with Gasteiger partial charge in [-0.2, -0.15) is 0 Å². The molecule has 1 atom stereocenters. The van der Waals surface area contributed by atoms with Gasteiger partial charge in [-0.25, -0.2) is 4.79 Å². The summed E-state index contributed by atoms with van der Waals surface area (Å²) in [4.78, 5) is 28.0. The van der Waals surface area contributed by atoms with Crippen LogP contribution in [0.5, 0.6) is 0 Å². The summed E-state index contributed by atoms with van der Waals surface area (Å²) in [5.41, 5.74) is 2.62. The molecule has 148 valence electrons. The lowest BCUT2D eigenvalue weighted by Gasteiger charge is -2.21. The van der Waals surface area contributed by atoms with Crippen LogP contribution in [-0.4, -0.2) is 24.8 Å². The summed E-state index contributed by atoms with van der Waals surface area (Å²) in [7, 11) is 0. The molecule has 0 fully saturated rings. The molecule has 0 aliphatic rings. The average Bonchev–Trinajstić information content (AvgIpc) is 2.79. The molecule has 3 rings (SSSR count). The number of ether oxygens (including phenoxy) is 1. The minimum atomic E-state index is -0.992. The number of Topliss-reactive ketones (excluding diaryl/α,β-unsaturated/α-hetero) is 1. The van der Waals surface area contributed by atoms with Crippen LogP contribution in [0.25, 0.3) is 0 Å². The lowest BCUT2D eigenvalue weighted by atomic mass is 10.00. The number of hydrogen-bond acceptors (Lipinski definition) is 4. The summed E-state index contributed by atoms with van der Waals surface area (Å²) >= 11 is 0. The van der Waals surface area contributed by atoms with Gasteiger partial charge in [-0.3, -0.25) is 4.79 Å². The molecule has 0 bridgehead atoms. The summed E-state index contributed by atoms with van der Waals surface area (Å²) in [5.74, 6) is -0.765. The lowest BCUT2D eigenvalue weighted by Crippen LogP contribution is -2.22. The van der Waals surface area contributed by atoms with Crippen molar-refractivity contribution in [2.45, 2.75) is 20.0 Å². The summed E-state index contributed by atoms with van der Waals surface area (Å²) < 4.78 is 5.69. The highest BCUT2D eigenvalue weighted by Gasteiger charge is 2.26. The van der Waals surface area contributed by atoms with Gasteiger partial charge >= 0.3 is 5.97 Å². The van der Waals surface area contributed by atoms with Gasteiger partial charge in [-0.15, -0.1) is 0 Å². The Morgan fingerprint density at radius 3 is 1.86 bits per heavy atom. The van der Waals surface area contributed by atoms with E-state index in [0.29, 0.717) is 16.7 Å². The number of rotatable bonds is 8. The Morgan fingerprint density at radius 2 is 1.31 bits per heavy atom. The first-order valence-electron chi connectivity index (χ1n) is 9.84. The second-order valence-electron chi connectivity index (χ2n) is 6.65. The van der Waals surface area contributed by atoms with Crippen LogP contribution in [0.4, 0.5) is 5.69 Å². The highest BCUT2D eigenvalue weighted by molar-refractivity contribution is 6.02. The molecule has 4 heteroatoms. The highest BCUT2D eigenvalue weighted by Crippen LogP contribution is 2.25. The summed E-state index contributed by atoms with van der Waals surface area (Å²) in [6, 6.07) is 25.3. The number of esters is 1. The van der Waals surface area contributed by atoms with Crippen LogP contribution in [-0.2, 0) is 4.74 Å². The zero-order valence-electron chi connectivity index (χ0n) is 16.7. The van der Waals surface area contributed by atoms with E-state index in [-0.39, 0.29) is 5.78 Å². The van der Waals surface area contributed by atoms with E-state index in [0.717, 1.165) is 18.8 Å². The predicted octanol–water partition coefficient (Wildman–Crippen LogP) is 5.31. The van der Waals surface area contributed by atoms with E-state index in [2.05, 4.69) is 18.7 Å². The molecule has 0 aliphatic heterocycles. The maximum absolute atomic E-state index is 13.0. The number of ketones is 1. The summed E-state index contributed by atoms with van der Waals surface area (Å²) in [6.45, 7) is 5.96. The number of benzene rings is 3. The normalized spacial score (nSPS) is 11.5. The van der Waals surface area contributed by atoms with Crippen molar-refractivity contribution >= 4 is 17.4 Å². The van der Waals surface area contributed by atoms with Crippen LogP contribution in [0.3, 0.4) is 0 Å². The van der Waals surface area contributed by atoms with Crippen molar-refractivity contribution in [3.05, 3.63) is 102 Å². The molecular formula is C25H25NO3. The molecule has 0 spiro atoms. The zero-order chi connectivity index (χ0) is 20.6. The lowest BCUT2D eigenvalue weighted by molar-refractivity contribution is 0.0280. The molecule has 0 N–H and O–H groups in total. The van der Waals surface area contributed by atoms with Gasteiger partial charge in [0.05, 0.1) is 5.56 Å².